The first-order chi connectivity index (χ1) is 4.41. The molecular weight excluding hydrogens is 135 g/mol. The van der Waals surface area contributed by atoms with Gasteiger partial charge in [-0.3, -0.25) is 0 Å². The molecule has 54 valence electrons. The van der Waals surface area contributed by atoms with Crippen molar-refractivity contribution in [3.8, 4) is 0 Å². The Bertz CT molecular complexity index is 66.1. The van der Waals surface area contributed by atoms with Crippen LogP contribution >= 0.6 is 8.69 Å². The van der Waals surface area contributed by atoms with Crippen LogP contribution in [0, 0.1) is 0 Å². The molecule has 0 aromatic heterocycles. The SMILES string of the molecule is CCCCCCO[PH+]=O. The van der Waals surface area contributed by atoms with Gasteiger partial charge in [0.1, 0.15) is 6.61 Å². The predicted molar refractivity (Wildman–Crippen MR) is 39.1 cm³/mol. The van der Waals surface area contributed by atoms with Crippen LogP contribution in [0.4, 0.5) is 0 Å². The van der Waals surface area contributed by atoms with E-state index in [1.165, 1.54) is 19.3 Å². The van der Waals surface area contributed by atoms with Crippen molar-refractivity contribution in [2.24, 2.45) is 0 Å². The van der Waals surface area contributed by atoms with Crippen LogP contribution in [0.25, 0.3) is 0 Å². The van der Waals surface area contributed by atoms with Gasteiger partial charge in [-0.15, -0.1) is 4.52 Å². The average Bonchev–Trinajstić information content (AvgIpc) is 1.89. The Morgan fingerprint density at radius 1 is 1.33 bits per heavy atom. The van der Waals surface area contributed by atoms with Gasteiger partial charge in [0.2, 0.25) is 0 Å². The van der Waals surface area contributed by atoms with Gasteiger partial charge in [0.25, 0.3) is 0 Å². The molecule has 0 saturated heterocycles. The molecule has 0 aliphatic heterocycles. The van der Waals surface area contributed by atoms with Crippen molar-refractivity contribution in [1.82, 2.24) is 0 Å². The Morgan fingerprint density at radius 3 is 2.67 bits per heavy atom. The van der Waals surface area contributed by atoms with Crippen LogP contribution in [-0.4, -0.2) is 6.61 Å². The van der Waals surface area contributed by atoms with Crippen molar-refractivity contribution in [2.75, 3.05) is 6.61 Å². The summed E-state index contributed by atoms with van der Waals surface area (Å²) in [7, 11) is -0.580. The smallest absolute Gasteiger partial charge is 0.148 e. The first kappa shape index (κ1) is 9.06. The Hall–Kier alpha value is 0.0600. The third-order valence-corrected chi connectivity index (χ3v) is 1.48. The molecule has 1 atom stereocenters. The minimum Gasteiger partial charge on any atom is -0.148 e. The largest absolute Gasteiger partial charge is 0.494 e. The van der Waals surface area contributed by atoms with E-state index in [-0.39, 0.29) is 0 Å². The molecule has 0 bridgehead atoms. The van der Waals surface area contributed by atoms with Gasteiger partial charge in [0.15, 0.2) is 0 Å². The van der Waals surface area contributed by atoms with Crippen LogP contribution in [0.15, 0.2) is 0 Å². The van der Waals surface area contributed by atoms with E-state index in [1.54, 1.807) is 0 Å². The molecule has 0 spiro atoms. The maximum Gasteiger partial charge on any atom is 0.494 e. The first-order valence-corrected chi connectivity index (χ1v) is 4.22. The van der Waals surface area contributed by atoms with Gasteiger partial charge in [-0.25, -0.2) is 0 Å². The maximum absolute atomic E-state index is 9.77. The molecule has 0 amide bonds. The van der Waals surface area contributed by atoms with E-state index in [0.29, 0.717) is 6.61 Å². The number of hydrogen-bond donors (Lipinski definition) is 0. The molecular formula is C6H14O2P+. The van der Waals surface area contributed by atoms with Crippen molar-refractivity contribution in [3.63, 3.8) is 0 Å². The number of hydrogen-bond acceptors (Lipinski definition) is 2. The minimum atomic E-state index is -0.580. The summed E-state index contributed by atoms with van der Waals surface area (Å²) < 4.78 is 14.4. The quantitative estimate of drug-likeness (QED) is 0.428. The van der Waals surface area contributed by atoms with Crippen molar-refractivity contribution >= 4 is 8.69 Å². The third kappa shape index (κ3) is 8.06. The molecule has 0 aromatic carbocycles. The second-order valence-corrected chi connectivity index (χ2v) is 2.45. The lowest BCUT2D eigenvalue weighted by atomic mass is 10.2. The van der Waals surface area contributed by atoms with Crippen molar-refractivity contribution < 1.29 is 9.09 Å². The second kappa shape index (κ2) is 8.06. The van der Waals surface area contributed by atoms with Crippen LogP contribution in [0.2, 0.25) is 0 Å². The molecule has 0 saturated carbocycles. The molecule has 0 fully saturated rings. The summed E-state index contributed by atoms with van der Waals surface area (Å²) in [6.45, 7) is 2.82. The van der Waals surface area contributed by atoms with Crippen molar-refractivity contribution in [3.05, 3.63) is 0 Å². The molecule has 2 nitrogen and oxygen atoms in total. The van der Waals surface area contributed by atoms with E-state index in [9.17, 15) is 4.57 Å². The monoisotopic (exact) mass is 149 g/mol. The summed E-state index contributed by atoms with van der Waals surface area (Å²) in [6, 6.07) is 0. The molecule has 0 aromatic rings. The van der Waals surface area contributed by atoms with Crippen molar-refractivity contribution in [2.45, 2.75) is 32.6 Å². The minimum absolute atomic E-state index is 0.580. The summed E-state index contributed by atoms with van der Waals surface area (Å²) in [5.41, 5.74) is 0. The van der Waals surface area contributed by atoms with E-state index in [2.05, 4.69) is 11.4 Å². The molecule has 9 heavy (non-hydrogen) atoms. The van der Waals surface area contributed by atoms with E-state index in [0.717, 1.165) is 6.42 Å². The third-order valence-electron chi connectivity index (χ3n) is 1.16. The molecule has 0 heterocycles. The average molecular weight is 149 g/mol. The van der Waals surface area contributed by atoms with E-state index >= 15 is 0 Å². The fourth-order valence-electron chi connectivity index (χ4n) is 0.643. The summed E-state index contributed by atoms with van der Waals surface area (Å²) in [4.78, 5) is 0. The molecule has 0 rings (SSSR count). The van der Waals surface area contributed by atoms with Gasteiger partial charge in [0, 0.05) is 0 Å². The Morgan fingerprint density at radius 2 is 2.11 bits per heavy atom. The highest BCUT2D eigenvalue weighted by Crippen LogP contribution is 2.02. The van der Waals surface area contributed by atoms with Crippen molar-refractivity contribution in [1.29, 1.82) is 0 Å². The van der Waals surface area contributed by atoms with Crippen LogP contribution in [0.3, 0.4) is 0 Å². The highest BCUT2D eigenvalue weighted by molar-refractivity contribution is 7.17. The van der Waals surface area contributed by atoms with E-state index in [4.69, 9.17) is 0 Å². The van der Waals surface area contributed by atoms with Gasteiger partial charge in [-0.05, 0) is 11.0 Å². The maximum atomic E-state index is 9.77. The summed E-state index contributed by atoms with van der Waals surface area (Å²) in [6.07, 6.45) is 4.73. The zero-order chi connectivity index (χ0) is 6.95. The lowest BCUT2D eigenvalue weighted by molar-refractivity contribution is 0.329. The normalized spacial score (nSPS) is 10.3. The standard InChI is InChI=1S/C6H14O2P/c1-2-3-4-5-6-8-9-7/h9H,2-6H2,1H3/q+1. The molecule has 0 aliphatic rings. The van der Waals surface area contributed by atoms with Gasteiger partial charge in [-0.2, -0.15) is 0 Å². The second-order valence-electron chi connectivity index (χ2n) is 1.99. The van der Waals surface area contributed by atoms with Crippen LogP contribution in [-0.2, 0) is 9.09 Å². The van der Waals surface area contributed by atoms with Crippen LogP contribution in [0.5, 0.6) is 0 Å². The molecule has 0 radical (unpaired) electrons. The Labute approximate surface area is 57.9 Å². The molecule has 1 unspecified atom stereocenters. The van der Waals surface area contributed by atoms with Gasteiger partial charge in [0.05, 0.1) is 0 Å². The Kier molecular flexibility index (Phi) is 8.11. The summed E-state index contributed by atoms with van der Waals surface area (Å²) >= 11 is 0. The lowest BCUT2D eigenvalue weighted by Gasteiger charge is -1.90. The fourth-order valence-corrected chi connectivity index (χ4v) is 0.870. The zero-order valence-electron chi connectivity index (χ0n) is 5.85. The number of unbranched alkanes of at least 4 members (excludes halogenated alkanes) is 3. The fraction of sp³-hybridized carbons (Fsp3) is 1.00. The topological polar surface area (TPSA) is 26.3 Å². The summed E-state index contributed by atoms with van der Waals surface area (Å²) in [5, 5.41) is 0. The van der Waals surface area contributed by atoms with E-state index in [1.807, 2.05) is 0 Å². The zero-order valence-corrected chi connectivity index (χ0v) is 6.85. The highest BCUT2D eigenvalue weighted by atomic mass is 31.1. The van der Waals surface area contributed by atoms with Gasteiger partial charge >= 0.3 is 8.69 Å². The van der Waals surface area contributed by atoms with E-state index < -0.39 is 8.69 Å². The van der Waals surface area contributed by atoms with Gasteiger partial charge < -0.3 is 0 Å². The van der Waals surface area contributed by atoms with Crippen LogP contribution < -0.4 is 0 Å². The molecule has 0 N–H and O–H groups in total. The lowest BCUT2D eigenvalue weighted by Crippen LogP contribution is -1.83. The van der Waals surface area contributed by atoms with Gasteiger partial charge in [-0.1, -0.05) is 26.2 Å². The Balaban J connectivity index is 2.66. The molecule has 0 aliphatic carbocycles. The predicted octanol–water partition coefficient (Wildman–Crippen LogP) is 2.52. The van der Waals surface area contributed by atoms with Crippen LogP contribution in [0.1, 0.15) is 32.6 Å². The number of rotatable bonds is 6. The highest BCUT2D eigenvalue weighted by Gasteiger charge is 1.90. The molecule has 3 heteroatoms. The first-order valence-electron chi connectivity index (χ1n) is 3.40. The summed E-state index contributed by atoms with van der Waals surface area (Å²) in [5.74, 6) is 0.